The van der Waals surface area contributed by atoms with Crippen LogP contribution >= 0.6 is 0 Å². The van der Waals surface area contributed by atoms with Crippen molar-refractivity contribution in [3.8, 4) is 0 Å². The van der Waals surface area contributed by atoms with Crippen molar-refractivity contribution >= 4 is 38.6 Å². The van der Waals surface area contributed by atoms with Gasteiger partial charge in [-0.2, -0.15) is 0 Å². The molecule has 49 heavy (non-hydrogen) atoms. The Labute approximate surface area is 289 Å². The quantitative estimate of drug-likeness (QED) is 0.147. The summed E-state index contributed by atoms with van der Waals surface area (Å²) < 4.78 is 27.7. The number of nitrogens with zero attached hydrogens (tertiary/aromatic N) is 1. The Balaban J connectivity index is 1.42. The fourth-order valence-corrected chi connectivity index (χ4v) is 8.33. The molecule has 0 aromatic heterocycles. The number of sulfonamides is 1. The van der Waals surface area contributed by atoms with Crippen molar-refractivity contribution in [1.82, 2.24) is 25.8 Å². The van der Waals surface area contributed by atoms with Crippen molar-refractivity contribution in [1.29, 1.82) is 0 Å². The summed E-state index contributed by atoms with van der Waals surface area (Å²) in [5.41, 5.74) is 0.420. The first kappa shape index (κ1) is 36.4. The highest BCUT2D eigenvalue weighted by molar-refractivity contribution is 7.89. The molecular formula is C37H49N5O6S. The summed E-state index contributed by atoms with van der Waals surface area (Å²) in [6.07, 6.45) is 7.42. The van der Waals surface area contributed by atoms with Crippen LogP contribution in [0.25, 0.3) is 10.8 Å². The third-order valence-electron chi connectivity index (χ3n) is 10.0. The number of hydrogen-bond acceptors (Lipinski definition) is 7. The van der Waals surface area contributed by atoms with E-state index in [0.717, 1.165) is 64.7 Å². The summed E-state index contributed by atoms with van der Waals surface area (Å²) >= 11 is 0. The molecule has 5 N–H and O–H groups in total. The van der Waals surface area contributed by atoms with Crippen molar-refractivity contribution in [2.24, 2.45) is 17.8 Å². The molecule has 0 spiro atoms. The van der Waals surface area contributed by atoms with Crippen molar-refractivity contribution in [3.63, 3.8) is 0 Å². The summed E-state index contributed by atoms with van der Waals surface area (Å²) in [5, 5.41) is 21.5. The van der Waals surface area contributed by atoms with Crippen LogP contribution in [0.1, 0.15) is 69.9 Å². The highest BCUT2D eigenvalue weighted by Gasteiger charge is 2.37. The summed E-state index contributed by atoms with van der Waals surface area (Å²) in [6, 6.07) is 17.3. The molecule has 0 radical (unpaired) electrons. The number of hydrogen-bond donors (Lipinski definition) is 5. The third-order valence-corrected chi connectivity index (χ3v) is 11.4. The maximum absolute atomic E-state index is 14.4. The van der Waals surface area contributed by atoms with Gasteiger partial charge in [0.25, 0.3) is 15.9 Å². The largest absolute Gasteiger partial charge is 0.480 e. The number of carbonyl (C=O) groups is 3. The summed E-state index contributed by atoms with van der Waals surface area (Å²) in [6.45, 7) is 5.10. The number of benzene rings is 3. The van der Waals surface area contributed by atoms with Crippen LogP contribution in [0.2, 0.25) is 0 Å². The van der Waals surface area contributed by atoms with Gasteiger partial charge in [0.05, 0.1) is 4.90 Å². The van der Waals surface area contributed by atoms with E-state index in [0.29, 0.717) is 46.0 Å². The topological polar surface area (TPSA) is 157 Å². The van der Waals surface area contributed by atoms with Gasteiger partial charge >= 0.3 is 5.97 Å². The van der Waals surface area contributed by atoms with E-state index >= 15 is 0 Å². The fourth-order valence-electron chi connectivity index (χ4n) is 6.99. The highest BCUT2D eigenvalue weighted by atomic mass is 32.2. The van der Waals surface area contributed by atoms with Crippen LogP contribution in [0.3, 0.4) is 0 Å². The molecule has 2 unspecified atom stereocenters. The number of carbonyl (C=O) groups excluding carboxylic acids is 2. The van der Waals surface area contributed by atoms with Crippen LogP contribution in [0, 0.1) is 17.8 Å². The van der Waals surface area contributed by atoms with Gasteiger partial charge in [0.2, 0.25) is 5.91 Å². The number of carboxylic acid groups (broad SMARTS) is 1. The molecule has 5 rings (SSSR count). The molecule has 11 nitrogen and oxygen atoms in total. The number of piperidine rings is 2. The van der Waals surface area contributed by atoms with Crippen LogP contribution in [0.5, 0.6) is 0 Å². The van der Waals surface area contributed by atoms with Crippen LogP contribution in [-0.2, 0) is 24.4 Å². The number of carboxylic acids is 1. The first-order valence-electron chi connectivity index (χ1n) is 17.5. The lowest BCUT2D eigenvalue weighted by Crippen LogP contribution is -2.57. The number of rotatable bonds is 15. The zero-order valence-corrected chi connectivity index (χ0v) is 29.0. The number of nitrogens with one attached hydrogen (secondary N) is 4. The maximum Gasteiger partial charge on any atom is 0.327 e. The first-order chi connectivity index (χ1) is 23.6. The molecular weight excluding hydrogens is 643 g/mol. The second kappa shape index (κ2) is 17.2. The van der Waals surface area contributed by atoms with E-state index in [-0.39, 0.29) is 16.7 Å². The summed E-state index contributed by atoms with van der Waals surface area (Å²) in [4.78, 5) is 43.1. The van der Waals surface area contributed by atoms with Gasteiger partial charge in [-0.3, -0.25) is 9.59 Å². The smallest absolute Gasteiger partial charge is 0.327 e. The standard InChI is InChI=1S/C37H49N5O6S/c1-26(37(45)46)42(41-49(47,48)33-13-7-11-29-8-5-6-12-32(29)33)36(44)34(30-9-3-2-4-10-30)40-35(43)31(16-14-27-18-22-38-23-19-27)17-15-28-20-24-39-25-21-28/h2-13,26-28,31,34,38-39,41H,14-25H2,1H3,(H,40,43)(H,45,46). The van der Waals surface area contributed by atoms with Crippen molar-refractivity contribution in [3.05, 3.63) is 78.4 Å². The molecule has 0 bridgehead atoms. The SMILES string of the molecule is CC(C(=O)O)N(NS(=O)(=O)c1cccc2ccccc12)C(=O)C(NC(=O)C(CCC1CCNCC1)CCC1CCNCC1)c1ccccc1. The van der Waals surface area contributed by atoms with Crippen molar-refractivity contribution < 1.29 is 27.9 Å². The number of amides is 2. The first-order valence-corrected chi connectivity index (χ1v) is 18.9. The van der Waals surface area contributed by atoms with Gasteiger partial charge in [0.1, 0.15) is 12.1 Å². The van der Waals surface area contributed by atoms with Gasteiger partial charge in [-0.25, -0.2) is 18.2 Å². The molecule has 3 aromatic carbocycles. The number of aliphatic carboxylic acids is 1. The average molecular weight is 692 g/mol. The fraction of sp³-hybridized carbons (Fsp3) is 0.486. The minimum Gasteiger partial charge on any atom is -0.480 e. The predicted octanol–water partition coefficient (Wildman–Crippen LogP) is 4.37. The minimum absolute atomic E-state index is 0.0998. The average Bonchev–Trinajstić information content (AvgIpc) is 3.13. The number of fused-ring (bicyclic) bond motifs is 1. The maximum atomic E-state index is 14.4. The summed E-state index contributed by atoms with van der Waals surface area (Å²) in [5.74, 6) is -1.89. The van der Waals surface area contributed by atoms with Crippen LogP contribution in [0.15, 0.2) is 77.7 Å². The highest BCUT2D eigenvalue weighted by Crippen LogP contribution is 2.29. The van der Waals surface area contributed by atoms with Crippen LogP contribution in [0.4, 0.5) is 0 Å². The van der Waals surface area contributed by atoms with E-state index < -0.39 is 34.0 Å². The van der Waals surface area contributed by atoms with Gasteiger partial charge < -0.3 is 21.1 Å². The lowest BCUT2D eigenvalue weighted by Gasteiger charge is -2.32. The lowest BCUT2D eigenvalue weighted by atomic mass is 9.84. The number of hydrazine groups is 1. The zero-order valence-electron chi connectivity index (χ0n) is 28.1. The van der Waals surface area contributed by atoms with Crippen molar-refractivity contribution in [2.45, 2.75) is 75.3 Å². The molecule has 2 atom stereocenters. The zero-order chi connectivity index (χ0) is 34.8. The monoisotopic (exact) mass is 691 g/mol. The van der Waals surface area contributed by atoms with Crippen molar-refractivity contribution in [2.75, 3.05) is 26.2 Å². The molecule has 0 saturated carbocycles. The van der Waals surface area contributed by atoms with E-state index in [1.165, 1.54) is 13.0 Å². The molecule has 2 saturated heterocycles. The van der Waals surface area contributed by atoms with Gasteiger partial charge in [-0.15, -0.1) is 4.83 Å². The second-order valence-corrected chi connectivity index (χ2v) is 15.0. The van der Waals surface area contributed by atoms with Gasteiger partial charge in [-0.05, 0) is 113 Å². The Morgan fingerprint density at radius 2 is 1.37 bits per heavy atom. The lowest BCUT2D eigenvalue weighted by molar-refractivity contribution is -0.152. The Kier molecular flexibility index (Phi) is 12.8. The summed E-state index contributed by atoms with van der Waals surface area (Å²) in [7, 11) is -4.44. The molecule has 3 aromatic rings. The van der Waals surface area contributed by atoms with E-state index in [9.17, 15) is 27.9 Å². The molecule has 2 heterocycles. The van der Waals surface area contributed by atoms with E-state index in [1.807, 2.05) is 0 Å². The Hall–Kier alpha value is -3.84. The van der Waals surface area contributed by atoms with Crippen LogP contribution in [-0.4, -0.2) is 68.5 Å². The molecule has 0 aliphatic carbocycles. The van der Waals surface area contributed by atoms with E-state index in [1.54, 1.807) is 66.7 Å². The van der Waals surface area contributed by atoms with Crippen LogP contribution < -0.4 is 20.8 Å². The Bertz CT molecular complexity index is 1650. The Morgan fingerprint density at radius 3 is 1.96 bits per heavy atom. The third kappa shape index (κ3) is 9.66. The predicted molar refractivity (Wildman–Crippen MR) is 189 cm³/mol. The molecule has 2 aliphatic rings. The van der Waals surface area contributed by atoms with E-state index in [4.69, 9.17) is 0 Å². The molecule has 264 valence electrons. The minimum atomic E-state index is -4.44. The van der Waals surface area contributed by atoms with Gasteiger partial charge in [-0.1, -0.05) is 66.7 Å². The molecule has 12 heteroatoms. The normalized spacial score (nSPS) is 17.4. The Morgan fingerprint density at radius 1 is 0.816 bits per heavy atom. The second-order valence-electron chi connectivity index (χ2n) is 13.4. The molecule has 2 aliphatic heterocycles. The molecule has 2 amide bonds. The molecule has 2 fully saturated rings. The van der Waals surface area contributed by atoms with Gasteiger partial charge in [0, 0.05) is 11.3 Å². The van der Waals surface area contributed by atoms with E-state index in [2.05, 4.69) is 20.8 Å². The van der Waals surface area contributed by atoms with Gasteiger partial charge in [0.15, 0.2) is 0 Å².